The highest BCUT2D eigenvalue weighted by molar-refractivity contribution is 5.81. The van der Waals surface area contributed by atoms with Crippen LogP contribution < -0.4 is 10.6 Å². The Bertz CT molecular complexity index is 1020. The summed E-state index contributed by atoms with van der Waals surface area (Å²) < 4.78 is 5.57. The Morgan fingerprint density at radius 2 is 1.60 bits per heavy atom. The average molecular weight is 479 g/mol. The number of carbonyl (C=O) groups excluding carboxylic acids is 2. The number of rotatable bonds is 11. The Hall–Kier alpha value is -3.35. The summed E-state index contributed by atoms with van der Waals surface area (Å²) in [6.07, 6.45) is 3.65. The van der Waals surface area contributed by atoms with Gasteiger partial charge in [-0.2, -0.15) is 0 Å². The standard InChI is InChI=1S/C28H34N2O5/c1-2-8-19(26(31)29-16-24(27(32)33)18-9-7-10-18)15-30-28(34)35-17-25-22-13-5-3-11-20(22)21-12-4-6-14-23(21)25/h3-6,11-14,18-19,24-25H,2,7-10,15-17H2,1H3,(H,29,31)(H,30,34)(H,32,33). The van der Waals surface area contributed by atoms with Gasteiger partial charge in [0.25, 0.3) is 0 Å². The van der Waals surface area contributed by atoms with E-state index < -0.39 is 23.9 Å². The van der Waals surface area contributed by atoms with Crippen LogP contribution in [0.5, 0.6) is 0 Å². The van der Waals surface area contributed by atoms with Gasteiger partial charge in [0, 0.05) is 19.0 Å². The van der Waals surface area contributed by atoms with Crippen LogP contribution in [-0.4, -0.2) is 42.8 Å². The quantitative estimate of drug-likeness (QED) is 0.439. The zero-order chi connectivity index (χ0) is 24.8. The zero-order valence-corrected chi connectivity index (χ0v) is 20.2. The molecule has 1 saturated carbocycles. The van der Waals surface area contributed by atoms with Crippen molar-refractivity contribution < 1.29 is 24.2 Å². The minimum Gasteiger partial charge on any atom is -0.481 e. The Morgan fingerprint density at radius 1 is 0.971 bits per heavy atom. The molecule has 2 aliphatic rings. The number of fused-ring (bicyclic) bond motifs is 3. The van der Waals surface area contributed by atoms with E-state index in [1.54, 1.807) is 0 Å². The molecule has 1 fully saturated rings. The molecule has 0 aromatic heterocycles. The largest absolute Gasteiger partial charge is 0.481 e. The van der Waals surface area contributed by atoms with E-state index >= 15 is 0 Å². The maximum Gasteiger partial charge on any atom is 0.407 e. The molecule has 4 rings (SSSR count). The number of hydrogen-bond acceptors (Lipinski definition) is 4. The van der Waals surface area contributed by atoms with E-state index in [4.69, 9.17) is 4.74 Å². The van der Waals surface area contributed by atoms with Gasteiger partial charge in [-0.25, -0.2) is 4.79 Å². The molecule has 0 spiro atoms. The molecule has 7 nitrogen and oxygen atoms in total. The molecule has 2 aromatic rings. The van der Waals surface area contributed by atoms with Gasteiger partial charge in [0.2, 0.25) is 5.91 Å². The molecule has 0 heterocycles. The fourth-order valence-corrected chi connectivity index (χ4v) is 5.18. The molecule has 3 N–H and O–H groups in total. The lowest BCUT2D eigenvalue weighted by molar-refractivity contribution is -0.145. The number of benzene rings is 2. The van der Waals surface area contributed by atoms with Crippen LogP contribution in [0.3, 0.4) is 0 Å². The lowest BCUT2D eigenvalue weighted by Gasteiger charge is -2.31. The van der Waals surface area contributed by atoms with Crippen LogP contribution in [0.1, 0.15) is 56.1 Å². The molecule has 2 aromatic carbocycles. The second kappa shape index (κ2) is 11.4. The van der Waals surface area contributed by atoms with Crippen molar-refractivity contribution in [3.8, 4) is 11.1 Å². The number of carbonyl (C=O) groups is 3. The summed E-state index contributed by atoms with van der Waals surface area (Å²) in [5.74, 6) is -1.96. The van der Waals surface area contributed by atoms with Crippen LogP contribution in [0.2, 0.25) is 0 Å². The Morgan fingerprint density at radius 3 is 2.14 bits per heavy atom. The lowest BCUT2D eigenvalue weighted by Crippen LogP contribution is -2.44. The van der Waals surface area contributed by atoms with Gasteiger partial charge in [0.15, 0.2) is 0 Å². The van der Waals surface area contributed by atoms with Crippen molar-refractivity contribution in [1.29, 1.82) is 0 Å². The van der Waals surface area contributed by atoms with Crippen LogP contribution in [0, 0.1) is 17.8 Å². The number of carboxylic acids is 1. The SMILES string of the molecule is CCCC(CNC(=O)OCC1c2ccccc2-c2ccccc21)C(=O)NCC(C(=O)O)C1CCC1. The number of amides is 2. The summed E-state index contributed by atoms with van der Waals surface area (Å²) >= 11 is 0. The first-order valence-corrected chi connectivity index (χ1v) is 12.6. The molecule has 186 valence electrons. The predicted molar refractivity (Wildman–Crippen MR) is 133 cm³/mol. The van der Waals surface area contributed by atoms with Gasteiger partial charge in [-0.1, -0.05) is 68.3 Å². The van der Waals surface area contributed by atoms with Crippen LogP contribution in [0.15, 0.2) is 48.5 Å². The average Bonchev–Trinajstić information content (AvgIpc) is 3.15. The fourth-order valence-electron chi connectivity index (χ4n) is 5.18. The summed E-state index contributed by atoms with van der Waals surface area (Å²) in [5.41, 5.74) is 4.62. The van der Waals surface area contributed by atoms with Crippen molar-refractivity contribution in [2.45, 2.75) is 44.9 Å². The first-order chi connectivity index (χ1) is 17.0. The number of alkyl carbamates (subject to hydrolysis) is 1. The molecule has 7 heteroatoms. The van der Waals surface area contributed by atoms with Crippen molar-refractivity contribution in [3.05, 3.63) is 59.7 Å². The van der Waals surface area contributed by atoms with E-state index in [2.05, 4.69) is 34.9 Å². The molecule has 0 saturated heterocycles. The maximum absolute atomic E-state index is 12.7. The van der Waals surface area contributed by atoms with Crippen LogP contribution in [-0.2, 0) is 14.3 Å². The lowest BCUT2D eigenvalue weighted by atomic mass is 9.76. The molecule has 2 unspecified atom stereocenters. The van der Waals surface area contributed by atoms with Crippen molar-refractivity contribution in [1.82, 2.24) is 10.6 Å². The topological polar surface area (TPSA) is 105 Å². The third-order valence-corrected chi connectivity index (χ3v) is 7.38. The van der Waals surface area contributed by atoms with E-state index in [1.807, 2.05) is 31.2 Å². The Kier molecular flexibility index (Phi) is 8.06. The third kappa shape index (κ3) is 5.66. The van der Waals surface area contributed by atoms with Gasteiger partial charge in [-0.15, -0.1) is 0 Å². The highest BCUT2D eigenvalue weighted by Gasteiger charge is 2.33. The number of carboxylic acid groups (broad SMARTS) is 1. The molecular formula is C28H34N2O5. The van der Waals surface area contributed by atoms with Gasteiger partial charge in [-0.3, -0.25) is 9.59 Å². The second-order valence-corrected chi connectivity index (χ2v) is 9.57. The van der Waals surface area contributed by atoms with Gasteiger partial charge in [0.05, 0.1) is 11.8 Å². The highest BCUT2D eigenvalue weighted by Crippen LogP contribution is 2.44. The monoisotopic (exact) mass is 478 g/mol. The van der Waals surface area contributed by atoms with Crippen LogP contribution in [0.25, 0.3) is 11.1 Å². The van der Waals surface area contributed by atoms with Crippen molar-refractivity contribution >= 4 is 18.0 Å². The zero-order valence-electron chi connectivity index (χ0n) is 20.2. The van der Waals surface area contributed by atoms with E-state index in [0.717, 1.165) is 36.8 Å². The summed E-state index contributed by atoms with van der Waals surface area (Å²) in [4.78, 5) is 36.8. The molecule has 0 radical (unpaired) electrons. The van der Waals surface area contributed by atoms with Crippen molar-refractivity contribution in [2.24, 2.45) is 17.8 Å². The second-order valence-electron chi connectivity index (χ2n) is 9.57. The third-order valence-electron chi connectivity index (χ3n) is 7.38. The van der Waals surface area contributed by atoms with Crippen LogP contribution in [0.4, 0.5) is 4.79 Å². The van der Waals surface area contributed by atoms with E-state index in [0.29, 0.717) is 6.42 Å². The molecule has 0 bridgehead atoms. The highest BCUT2D eigenvalue weighted by atomic mass is 16.5. The van der Waals surface area contributed by atoms with Gasteiger partial charge in [-0.05, 0) is 47.4 Å². The molecule has 35 heavy (non-hydrogen) atoms. The van der Waals surface area contributed by atoms with Gasteiger partial charge in [0.1, 0.15) is 6.61 Å². The molecule has 0 aliphatic heterocycles. The first-order valence-electron chi connectivity index (χ1n) is 12.6. The van der Waals surface area contributed by atoms with E-state index in [9.17, 15) is 19.5 Å². The summed E-state index contributed by atoms with van der Waals surface area (Å²) in [7, 11) is 0. The number of ether oxygens (including phenoxy) is 1. The summed E-state index contributed by atoms with van der Waals surface area (Å²) in [6.45, 7) is 2.47. The minimum absolute atomic E-state index is 0.0256. The van der Waals surface area contributed by atoms with E-state index in [-0.39, 0.29) is 37.4 Å². The van der Waals surface area contributed by atoms with Crippen molar-refractivity contribution in [3.63, 3.8) is 0 Å². The Balaban J connectivity index is 1.29. The van der Waals surface area contributed by atoms with Gasteiger partial charge < -0.3 is 20.5 Å². The predicted octanol–water partition coefficient (Wildman–Crippen LogP) is 4.56. The Labute approximate surface area is 206 Å². The molecule has 2 aliphatic carbocycles. The van der Waals surface area contributed by atoms with E-state index in [1.165, 1.54) is 11.1 Å². The maximum atomic E-state index is 12.7. The normalized spacial score (nSPS) is 16.4. The summed E-state index contributed by atoms with van der Waals surface area (Å²) in [5, 5.41) is 15.0. The summed E-state index contributed by atoms with van der Waals surface area (Å²) in [6, 6.07) is 16.3. The number of aliphatic carboxylic acids is 1. The number of hydrogen-bond donors (Lipinski definition) is 3. The fraction of sp³-hybridized carbons (Fsp3) is 0.464. The molecule has 2 amide bonds. The molecular weight excluding hydrogens is 444 g/mol. The van der Waals surface area contributed by atoms with Crippen LogP contribution >= 0.6 is 0 Å². The van der Waals surface area contributed by atoms with Crippen molar-refractivity contribution in [2.75, 3.05) is 19.7 Å². The smallest absolute Gasteiger partial charge is 0.407 e. The number of nitrogens with one attached hydrogen (secondary N) is 2. The first kappa shape index (κ1) is 24.8. The minimum atomic E-state index is -0.862. The van der Waals surface area contributed by atoms with Gasteiger partial charge >= 0.3 is 12.1 Å². The molecule has 2 atom stereocenters.